The summed E-state index contributed by atoms with van der Waals surface area (Å²) < 4.78 is 4.86. The van der Waals surface area contributed by atoms with Crippen LogP contribution in [0, 0.1) is 0 Å². The maximum Gasteiger partial charge on any atom is 0.293 e. The fraction of sp³-hybridized carbons (Fsp3) is 0.167. The lowest BCUT2D eigenvalue weighted by Gasteiger charge is -2.09. The van der Waals surface area contributed by atoms with E-state index >= 15 is 0 Å². The normalized spacial score (nSPS) is 12.3. The van der Waals surface area contributed by atoms with Gasteiger partial charge in [0.25, 0.3) is 6.47 Å². The predicted octanol–water partition coefficient (Wildman–Crippen LogP) is 2.47. The first-order valence-electron chi connectivity index (χ1n) is 4.75. The zero-order chi connectivity index (χ0) is 10.7. The minimum absolute atomic E-state index is 0.250. The lowest BCUT2D eigenvalue weighted by atomic mass is 10.1. The van der Waals surface area contributed by atoms with E-state index in [-0.39, 0.29) is 6.10 Å². The molecule has 1 unspecified atom stereocenters. The fourth-order valence-corrected chi connectivity index (χ4v) is 1.47. The maximum absolute atomic E-state index is 10.2. The van der Waals surface area contributed by atoms with Crippen LogP contribution in [0.5, 0.6) is 0 Å². The van der Waals surface area contributed by atoms with Gasteiger partial charge in [0.1, 0.15) is 6.10 Å². The highest BCUT2D eigenvalue weighted by Gasteiger charge is 2.06. The van der Waals surface area contributed by atoms with Crippen molar-refractivity contribution in [1.82, 2.24) is 4.98 Å². The third kappa shape index (κ3) is 1.96. The molecule has 0 aliphatic heterocycles. The van der Waals surface area contributed by atoms with E-state index in [2.05, 4.69) is 4.98 Å². The molecule has 1 aromatic heterocycles. The second-order valence-corrected chi connectivity index (χ2v) is 3.34. The van der Waals surface area contributed by atoms with Crippen molar-refractivity contribution in [2.45, 2.75) is 13.0 Å². The first kappa shape index (κ1) is 9.65. The van der Waals surface area contributed by atoms with Crippen LogP contribution in [-0.4, -0.2) is 11.5 Å². The monoisotopic (exact) mass is 201 g/mol. The van der Waals surface area contributed by atoms with E-state index in [1.165, 1.54) is 0 Å². The number of nitrogens with zero attached hydrogens (tertiary/aromatic N) is 1. The van der Waals surface area contributed by atoms with Gasteiger partial charge in [0, 0.05) is 17.1 Å². The molecule has 0 amide bonds. The van der Waals surface area contributed by atoms with E-state index < -0.39 is 0 Å². The summed E-state index contributed by atoms with van der Waals surface area (Å²) in [6.45, 7) is 2.28. The van der Waals surface area contributed by atoms with Crippen LogP contribution in [0.3, 0.4) is 0 Å². The summed E-state index contributed by atoms with van der Waals surface area (Å²) >= 11 is 0. The Morgan fingerprint density at radius 2 is 2.20 bits per heavy atom. The average molecular weight is 201 g/mol. The summed E-state index contributed by atoms with van der Waals surface area (Å²) in [4.78, 5) is 14.5. The fourth-order valence-electron chi connectivity index (χ4n) is 1.47. The number of rotatable bonds is 3. The van der Waals surface area contributed by atoms with E-state index in [0.29, 0.717) is 6.47 Å². The van der Waals surface area contributed by atoms with Gasteiger partial charge in [-0.25, -0.2) is 0 Å². The number of aromatic nitrogens is 1. The van der Waals surface area contributed by atoms with Gasteiger partial charge in [-0.1, -0.05) is 18.2 Å². The molecule has 0 spiro atoms. The Morgan fingerprint density at radius 1 is 1.40 bits per heavy atom. The molecule has 76 valence electrons. The standard InChI is InChI=1S/C12H11NO2/c1-9(15-8-14)11-6-10-4-2-3-5-12(10)13-7-11/h2-9H,1H3. The Morgan fingerprint density at radius 3 is 3.00 bits per heavy atom. The number of ether oxygens (including phenoxy) is 1. The summed E-state index contributed by atoms with van der Waals surface area (Å²) in [5, 5.41) is 1.05. The molecule has 0 aliphatic carbocycles. The highest BCUT2D eigenvalue weighted by molar-refractivity contribution is 5.78. The van der Waals surface area contributed by atoms with Crippen molar-refractivity contribution < 1.29 is 9.53 Å². The van der Waals surface area contributed by atoms with Crippen molar-refractivity contribution in [1.29, 1.82) is 0 Å². The molecule has 0 saturated heterocycles. The Balaban J connectivity index is 2.42. The van der Waals surface area contributed by atoms with Gasteiger partial charge in [-0.05, 0) is 19.1 Å². The van der Waals surface area contributed by atoms with Crippen LogP contribution in [0.4, 0.5) is 0 Å². The molecule has 2 aromatic rings. The van der Waals surface area contributed by atoms with Crippen LogP contribution >= 0.6 is 0 Å². The molecule has 0 saturated carbocycles. The van der Waals surface area contributed by atoms with Gasteiger partial charge in [0.2, 0.25) is 0 Å². The van der Waals surface area contributed by atoms with Gasteiger partial charge >= 0.3 is 0 Å². The number of para-hydroxylation sites is 1. The Labute approximate surface area is 87.7 Å². The van der Waals surface area contributed by atoms with Crippen molar-refractivity contribution >= 4 is 17.4 Å². The number of carbonyl (C=O) groups excluding carboxylic acids is 1. The zero-order valence-corrected chi connectivity index (χ0v) is 8.38. The number of hydrogen-bond donors (Lipinski definition) is 0. The maximum atomic E-state index is 10.2. The largest absolute Gasteiger partial charge is 0.460 e. The molecule has 1 aromatic carbocycles. The highest BCUT2D eigenvalue weighted by Crippen LogP contribution is 2.19. The van der Waals surface area contributed by atoms with Gasteiger partial charge in [-0.3, -0.25) is 9.78 Å². The highest BCUT2D eigenvalue weighted by atomic mass is 16.5. The molecule has 3 nitrogen and oxygen atoms in total. The number of pyridine rings is 1. The van der Waals surface area contributed by atoms with E-state index in [4.69, 9.17) is 4.74 Å². The summed E-state index contributed by atoms with van der Waals surface area (Å²) in [5.41, 5.74) is 1.85. The predicted molar refractivity (Wildman–Crippen MR) is 57.3 cm³/mol. The van der Waals surface area contributed by atoms with Crippen LogP contribution in [0.2, 0.25) is 0 Å². The number of benzene rings is 1. The minimum Gasteiger partial charge on any atom is -0.460 e. The summed E-state index contributed by atoms with van der Waals surface area (Å²) in [7, 11) is 0. The Bertz CT molecular complexity index is 482. The van der Waals surface area contributed by atoms with Crippen LogP contribution in [0.25, 0.3) is 10.9 Å². The third-order valence-corrected chi connectivity index (χ3v) is 2.34. The van der Waals surface area contributed by atoms with Gasteiger partial charge in [-0.15, -0.1) is 0 Å². The van der Waals surface area contributed by atoms with Gasteiger partial charge in [0.15, 0.2) is 0 Å². The molecule has 15 heavy (non-hydrogen) atoms. The van der Waals surface area contributed by atoms with Crippen LogP contribution < -0.4 is 0 Å². The van der Waals surface area contributed by atoms with E-state index in [1.807, 2.05) is 37.3 Å². The Kier molecular flexibility index (Phi) is 2.63. The van der Waals surface area contributed by atoms with Crippen molar-refractivity contribution in [2.24, 2.45) is 0 Å². The zero-order valence-electron chi connectivity index (χ0n) is 8.38. The van der Waals surface area contributed by atoms with Crippen molar-refractivity contribution in [2.75, 3.05) is 0 Å². The van der Waals surface area contributed by atoms with Crippen LogP contribution in [0.1, 0.15) is 18.6 Å². The lowest BCUT2D eigenvalue weighted by Crippen LogP contribution is -1.98. The van der Waals surface area contributed by atoms with E-state index in [9.17, 15) is 4.79 Å². The SMILES string of the molecule is CC(OC=O)c1cnc2ccccc2c1. The molecular formula is C12H11NO2. The second-order valence-electron chi connectivity index (χ2n) is 3.34. The number of fused-ring (bicyclic) bond motifs is 1. The Hall–Kier alpha value is -1.90. The van der Waals surface area contributed by atoms with Gasteiger partial charge < -0.3 is 4.74 Å². The van der Waals surface area contributed by atoms with Crippen molar-refractivity contribution in [3.8, 4) is 0 Å². The summed E-state index contributed by atoms with van der Waals surface area (Å²) in [5.74, 6) is 0. The minimum atomic E-state index is -0.250. The quantitative estimate of drug-likeness (QED) is 0.716. The molecule has 0 N–H and O–H groups in total. The van der Waals surface area contributed by atoms with Crippen molar-refractivity contribution in [3.63, 3.8) is 0 Å². The molecular weight excluding hydrogens is 190 g/mol. The van der Waals surface area contributed by atoms with Gasteiger partial charge in [0.05, 0.1) is 5.52 Å². The molecule has 0 aliphatic rings. The first-order chi connectivity index (χ1) is 7.31. The molecule has 2 rings (SSSR count). The molecule has 0 radical (unpaired) electrons. The molecule has 0 bridgehead atoms. The third-order valence-electron chi connectivity index (χ3n) is 2.34. The average Bonchev–Trinajstić information content (AvgIpc) is 2.29. The first-order valence-corrected chi connectivity index (χ1v) is 4.75. The van der Waals surface area contributed by atoms with Crippen LogP contribution in [-0.2, 0) is 9.53 Å². The smallest absolute Gasteiger partial charge is 0.293 e. The van der Waals surface area contributed by atoms with E-state index in [0.717, 1.165) is 16.5 Å². The molecule has 1 heterocycles. The molecule has 0 fully saturated rings. The van der Waals surface area contributed by atoms with E-state index in [1.54, 1.807) is 6.20 Å². The molecule has 3 heteroatoms. The van der Waals surface area contributed by atoms with Gasteiger partial charge in [-0.2, -0.15) is 0 Å². The van der Waals surface area contributed by atoms with Crippen LogP contribution in [0.15, 0.2) is 36.5 Å². The number of hydrogen-bond acceptors (Lipinski definition) is 3. The summed E-state index contributed by atoms with van der Waals surface area (Å²) in [6.07, 6.45) is 1.48. The topological polar surface area (TPSA) is 39.2 Å². The number of carbonyl (C=O) groups is 1. The second kappa shape index (κ2) is 4.09. The van der Waals surface area contributed by atoms with Crippen molar-refractivity contribution in [3.05, 3.63) is 42.1 Å². The molecule has 1 atom stereocenters. The lowest BCUT2D eigenvalue weighted by molar-refractivity contribution is -0.133. The summed E-state index contributed by atoms with van der Waals surface area (Å²) in [6, 6.07) is 9.82.